The minimum Gasteiger partial charge on any atom is -0.431 e. The fraction of sp³-hybridized carbons (Fsp3) is 0.688. The molecule has 0 N–H and O–H groups in total. The summed E-state index contributed by atoms with van der Waals surface area (Å²) in [4.78, 5) is 13.6. The number of carbonyl (C=O) groups is 1. The van der Waals surface area contributed by atoms with Gasteiger partial charge in [-0.05, 0) is 36.8 Å². The van der Waals surface area contributed by atoms with Gasteiger partial charge < -0.3 is 9.64 Å². The van der Waals surface area contributed by atoms with Crippen molar-refractivity contribution in [3.8, 4) is 0 Å². The average molecular weight is 261 g/mol. The molecule has 0 radical (unpaired) electrons. The fourth-order valence-electron chi connectivity index (χ4n) is 4.55. The number of esters is 1. The van der Waals surface area contributed by atoms with E-state index < -0.39 is 0 Å². The zero-order chi connectivity index (χ0) is 13.8. The van der Waals surface area contributed by atoms with E-state index in [4.69, 9.17) is 4.74 Å². The predicted molar refractivity (Wildman–Crippen MR) is 74.2 cm³/mol. The molecule has 1 saturated carbocycles. The maximum Gasteiger partial charge on any atom is 0.307 e. The van der Waals surface area contributed by atoms with Crippen molar-refractivity contribution < 1.29 is 9.53 Å². The van der Waals surface area contributed by atoms with Gasteiger partial charge in [0.2, 0.25) is 0 Å². The Kier molecular flexibility index (Phi) is 2.77. The van der Waals surface area contributed by atoms with Crippen LogP contribution in [0.3, 0.4) is 0 Å². The predicted octanol–water partition coefficient (Wildman–Crippen LogP) is 3.23. The minimum absolute atomic E-state index is 0.205. The summed E-state index contributed by atoms with van der Waals surface area (Å²) in [6.45, 7) is 6.22. The van der Waals surface area contributed by atoms with Gasteiger partial charge in [0, 0.05) is 37.5 Å². The molecule has 0 aromatic rings. The summed E-state index contributed by atoms with van der Waals surface area (Å²) in [6, 6.07) is 0.616. The smallest absolute Gasteiger partial charge is 0.307 e. The Bertz CT molecular complexity index is 491. The molecule has 1 aliphatic heterocycles. The fourth-order valence-corrected chi connectivity index (χ4v) is 4.55. The SMILES string of the molecule is CC(=O)OC1=CC2=C(CC1)N(C)C1C(C)CCC21C. The molecular formula is C16H23NO2. The number of hydrogen-bond acceptors (Lipinski definition) is 3. The highest BCUT2D eigenvalue weighted by Crippen LogP contribution is 2.57. The van der Waals surface area contributed by atoms with Crippen molar-refractivity contribution in [3.05, 3.63) is 23.1 Å². The Morgan fingerprint density at radius 3 is 2.89 bits per heavy atom. The van der Waals surface area contributed by atoms with Crippen LogP contribution in [0.1, 0.15) is 46.5 Å². The van der Waals surface area contributed by atoms with Gasteiger partial charge in [0.15, 0.2) is 0 Å². The van der Waals surface area contributed by atoms with E-state index in [9.17, 15) is 4.79 Å². The highest BCUT2D eigenvalue weighted by molar-refractivity contribution is 5.67. The molecule has 0 aromatic heterocycles. The van der Waals surface area contributed by atoms with Crippen LogP contribution in [-0.2, 0) is 9.53 Å². The largest absolute Gasteiger partial charge is 0.431 e. The first-order chi connectivity index (χ1) is 8.93. The molecule has 0 bridgehead atoms. The standard InChI is InChI=1S/C16H23NO2/c1-10-7-8-16(3)13-9-12(19-11(2)18)5-6-14(13)17(4)15(10)16/h9-10,15H,5-8H2,1-4H3. The zero-order valence-corrected chi connectivity index (χ0v) is 12.3. The lowest BCUT2D eigenvalue weighted by molar-refractivity contribution is -0.137. The normalized spacial score (nSPS) is 37.1. The maximum atomic E-state index is 11.1. The molecule has 0 saturated heterocycles. The first kappa shape index (κ1) is 12.8. The number of allylic oxidation sites excluding steroid dienone is 3. The van der Waals surface area contributed by atoms with Crippen LogP contribution < -0.4 is 0 Å². The molecule has 3 unspecified atom stereocenters. The number of carbonyl (C=O) groups excluding carboxylic acids is 1. The topological polar surface area (TPSA) is 29.5 Å². The quantitative estimate of drug-likeness (QED) is 0.679. The van der Waals surface area contributed by atoms with E-state index >= 15 is 0 Å². The van der Waals surface area contributed by atoms with Crippen LogP contribution in [0, 0.1) is 11.3 Å². The third-order valence-electron chi connectivity index (χ3n) is 5.27. The lowest BCUT2D eigenvalue weighted by atomic mass is 9.77. The summed E-state index contributed by atoms with van der Waals surface area (Å²) < 4.78 is 5.32. The van der Waals surface area contributed by atoms with Gasteiger partial charge in [-0.25, -0.2) is 0 Å². The summed E-state index contributed by atoms with van der Waals surface area (Å²) in [5.41, 5.74) is 3.14. The Morgan fingerprint density at radius 1 is 1.47 bits per heavy atom. The number of fused-ring (bicyclic) bond motifs is 2. The summed E-state index contributed by atoms with van der Waals surface area (Å²) in [5.74, 6) is 1.38. The van der Waals surface area contributed by atoms with Gasteiger partial charge in [-0.3, -0.25) is 4.79 Å². The Balaban J connectivity index is 1.98. The molecule has 0 amide bonds. The molecular weight excluding hydrogens is 238 g/mol. The number of ether oxygens (including phenoxy) is 1. The van der Waals surface area contributed by atoms with Gasteiger partial charge in [0.05, 0.1) is 0 Å². The van der Waals surface area contributed by atoms with Gasteiger partial charge in [0.1, 0.15) is 5.76 Å². The number of hydrogen-bond donors (Lipinski definition) is 0. The molecule has 1 heterocycles. The molecule has 1 fully saturated rings. The van der Waals surface area contributed by atoms with Crippen LogP contribution >= 0.6 is 0 Å². The Labute approximate surface area is 115 Å². The molecule has 2 aliphatic carbocycles. The van der Waals surface area contributed by atoms with Crippen molar-refractivity contribution >= 4 is 5.97 Å². The van der Waals surface area contributed by atoms with Gasteiger partial charge in [0.25, 0.3) is 0 Å². The van der Waals surface area contributed by atoms with Crippen molar-refractivity contribution in [3.63, 3.8) is 0 Å². The summed E-state index contributed by atoms with van der Waals surface area (Å²) in [7, 11) is 2.23. The minimum atomic E-state index is -0.205. The first-order valence-corrected chi connectivity index (χ1v) is 7.29. The highest BCUT2D eigenvalue weighted by Gasteiger charge is 2.53. The van der Waals surface area contributed by atoms with E-state index in [-0.39, 0.29) is 11.4 Å². The molecule has 3 atom stereocenters. The van der Waals surface area contributed by atoms with Gasteiger partial charge >= 0.3 is 5.97 Å². The monoisotopic (exact) mass is 261 g/mol. The third kappa shape index (κ3) is 1.74. The summed E-state index contributed by atoms with van der Waals surface area (Å²) in [5, 5.41) is 0. The van der Waals surface area contributed by atoms with Gasteiger partial charge in [-0.2, -0.15) is 0 Å². The van der Waals surface area contributed by atoms with Crippen LogP contribution in [0.25, 0.3) is 0 Å². The first-order valence-electron chi connectivity index (χ1n) is 7.29. The lowest BCUT2D eigenvalue weighted by Crippen LogP contribution is -2.37. The second-order valence-electron chi connectivity index (χ2n) is 6.55. The zero-order valence-electron chi connectivity index (χ0n) is 12.3. The Hall–Kier alpha value is -1.25. The van der Waals surface area contributed by atoms with Crippen LogP contribution in [0.2, 0.25) is 0 Å². The maximum absolute atomic E-state index is 11.1. The van der Waals surface area contributed by atoms with E-state index in [0.717, 1.165) is 24.5 Å². The molecule has 0 spiro atoms. The van der Waals surface area contributed by atoms with E-state index in [1.165, 1.54) is 31.0 Å². The Morgan fingerprint density at radius 2 is 2.21 bits per heavy atom. The molecule has 0 aromatic carbocycles. The number of nitrogens with zero attached hydrogens (tertiary/aromatic N) is 1. The number of rotatable bonds is 1. The van der Waals surface area contributed by atoms with Crippen molar-refractivity contribution in [1.29, 1.82) is 0 Å². The summed E-state index contributed by atoms with van der Waals surface area (Å²) >= 11 is 0. The molecule has 3 rings (SSSR count). The van der Waals surface area contributed by atoms with E-state index in [1.54, 1.807) is 0 Å². The van der Waals surface area contributed by atoms with Crippen molar-refractivity contribution in [2.45, 2.75) is 52.5 Å². The van der Waals surface area contributed by atoms with Crippen LogP contribution in [0.15, 0.2) is 23.1 Å². The van der Waals surface area contributed by atoms with Crippen LogP contribution in [0.4, 0.5) is 0 Å². The average Bonchev–Trinajstić information content (AvgIpc) is 2.75. The highest BCUT2D eigenvalue weighted by atomic mass is 16.5. The van der Waals surface area contributed by atoms with E-state index in [2.05, 4.69) is 31.9 Å². The summed E-state index contributed by atoms with van der Waals surface area (Å²) in [6.07, 6.45) is 6.53. The van der Waals surface area contributed by atoms with Gasteiger partial charge in [-0.15, -0.1) is 0 Å². The molecule has 3 nitrogen and oxygen atoms in total. The second kappa shape index (κ2) is 4.12. The van der Waals surface area contributed by atoms with Crippen molar-refractivity contribution in [2.75, 3.05) is 7.05 Å². The van der Waals surface area contributed by atoms with Gasteiger partial charge in [-0.1, -0.05) is 13.8 Å². The third-order valence-corrected chi connectivity index (χ3v) is 5.27. The molecule has 3 heteroatoms. The lowest BCUT2D eigenvalue weighted by Gasteiger charge is -2.33. The molecule has 19 heavy (non-hydrogen) atoms. The van der Waals surface area contributed by atoms with E-state index in [1.807, 2.05) is 0 Å². The van der Waals surface area contributed by atoms with Crippen LogP contribution in [-0.4, -0.2) is 24.0 Å². The van der Waals surface area contributed by atoms with Crippen molar-refractivity contribution in [2.24, 2.45) is 11.3 Å². The van der Waals surface area contributed by atoms with Crippen LogP contribution in [0.5, 0.6) is 0 Å². The molecule has 104 valence electrons. The van der Waals surface area contributed by atoms with E-state index in [0.29, 0.717) is 6.04 Å². The molecule has 3 aliphatic rings. The second-order valence-corrected chi connectivity index (χ2v) is 6.55. The van der Waals surface area contributed by atoms with Crippen molar-refractivity contribution in [1.82, 2.24) is 4.90 Å².